The van der Waals surface area contributed by atoms with Crippen LogP contribution in [0, 0.1) is 19.7 Å². The predicted octanol–water partition coefficient (Wildman–Crippen LogP) is 3.70. The fraction of sp³-hybridized carbons (Fsp3) is 0.348. The maximum Gasteiger partial charge on any atom is 0.240 e. The van der Waals surface area contributed by atoms with Gasteiger partial charge in [0.15, 0.2) is 0 Å². The summed E-state index contributed by atoms with van der Waals surface area (Å²) in [6.07, 6.45) is 2.95. The number of rotatable bonds is 5. The number of carbonyl (C=O) groups excluding carboxylic acids is 1. The SMILES string of the molecule is Cc1ccc2c(CC(=O)N3CCC(NS(=O)(=O)c4ccc(F)cc4)CC3)coc2c1C. The Bertz CT molecular complexity index is 1210. The minimum atomic E-state index is -3.72. The fourth-order valence-electron chi connectivity index (χ4n) is 3.95. The first kappa shape index (κ1) is 21.5. The highest BCUT2D eigenvalue weighted by atomic mass is 32.2. The van der Waals surface area contributed by atoms with Crippen molar-refractivity contribution in [2.24, 2.45) is 0 Å². The van der Waals surface area contributed by atoms with Crippen LogP contribution in [0.25, 0.3) is 11.0 Å². The highest BCUT2D eigenvalue weighted by Gasteiger charge is 2.27. The summed E-state index contributed by atoms with van der Waals surface area (Å²) in [5.41, 5.74) is 3.90. The lowest BCUT2D eigenvalue weighted by Gasteiger charge is -2.32. The van der Waals surface area contributed by atoms with Gasteiger partial charge >= 0.3 is 0 Å². The van der Waals surface area contributed by atoms with E-state index < -0.39 is 15.8 Å². The van der Waals surface area contributed by atoms with Gasteiger partial charge < -0.3 is 9.32 Å². The van der Waals surface area contributed by atoms with E-state index in [0.717, 1.165) is 39.8 Å². The van der Waals surface area contributed by atoms with E-state index >= 15 is 0 Å². The molecule has 31 heavy (non-hydrogen) atoms. The Labute approximate surface area is 181 Å². The molecule has 2 heterocycles. The van der Waals surface area contributed by atoms with Crippen molar-refractivity contribution in [1.29, 1.82) is 0 Å². The second-order valence-corrected chi connectivity index (χ2v) is 9.77. The van der Waals surface area contributed by atoms with Gasteiger partial charge in [0.05, 0.1) is 17.6 Å². The Kier molecular flexibility index (Phi) is 5.85. The number of likely N-dealkylation sites (tertiary alicyclic amines) is 1. The average molecular weight is 445 g/mol. The molecule has 1 aliphatic heterocycles. The summed E-state index contributed by atoms with van der Waals surface area (Å²) in [4.78, 5) is 14.6. The van der Waals surface area contributed by atoms with Gasteiger partial charge in [0.2, 0.25) is 15.9 Å². The average Bonchev–Trinajstić information content (AvgIpc) is 3.14. The Balaban J connectivity index is 1.36. The molecule has 0 atom stereocenters. The van der Waals surface area contributed by atoms with Crippen molar-refractivity contribution in [3.8, 4) is 0 Å². The number of hydrogen-bond donors (Lipinski definition) is 1. The molecule has 3 aromatic rings. The third kappa shape index (κ3) is 4.50. The molecule has 8 heteroatoms. The highest BCUT2D eigenvalue weighted by molar-refractivity contribution is 7.89. The quantitative estimate of drug-likeness (QED) is 0.651. The number of furan rings is 1. The zero-order chi connectivity index (χ0) is 22.2. The summed E-state index contributed by atoms with van der Waals surface area (Å²) in [7, 11) is -3.72. The highest BCUT2D eigenvalue weighted by Crippen LogP contribution is 2.27. The van der Waals surface area contributed by atoms with Gasteiger partial charge in [-0.1, -0.05) is 12.1 Å². The van der Waals surface area contributed by atoms with Gasteiger partial charge in [0, 0.05) is 30.1 Å². The van der Waals surface area contributed by atoms with Crippen molar-refractivity contribution in [3.63, 3.8) is 0 Å². The summed E-state index contributed by atoms with van der Waals surface area (Å²) in [5.74, 6) is -0.484. The zero-order valence-electron chi connectivity index (χ0n) is 17.5. The van der Waals surface area contributed by atoms with Crippen molar-refractivity contribution >= 4 is 26.9 Å². The van der Waals surface area contributed by atoms with Gasteiger partial charge in [0.1, 0.15) is 11.4 Å². The molecule has 1 saturated heterocycles. The monoisotopic (exact) mass is 444 g/mol. The Hall–Kier alpha value is -2.71. The van der Waals surface area contributed by atoms with E-state index in [9.17, 15) is 17.6 Å². The van der Waals surface area contributed by atoms with Crippen LogP contribution in [0.15, 0.2) is 52.0 Å². The maximum absolute atomic E-state index is 13.1. The number of sulfonamides is 1. The van der Waals surface area contributed by atoms with E-state index in [1.807, 2.05) is 26.0 Å². The molecule has 1 aliphatic rings. The summed E-state index contributed by atoms with van der Waals surface area (Å²) in [6.45, 7) is 4.98. The van der Waals surface area contributed by atoms with Crippen LogP contribution in [0.5, 0.6) is 0 Å². The zero-order valence-corrected chi connectivity index (χ0v) is 18.3. The molecule has 0 spiro atoms. The number of amides is 1. The second kappa shape index (κ2) is 8.43. The van der Waals surface area contributed by atoms with Crippen LogP contribution in [-0.4, -0.2) is 38.4 Å². The number of nitrogens with one attached hydrogen (secondary N) is 1. The van der Waals surface area contributed by atoms with Crippen LogP contribution in [0.2, 0.25) is 0 Å². The molecule has 1 aromatic heterocycles. The van der Waals surface area contributed by atoms with Crippen molar-refractivity contribution < 1.29 is 22.0 Å². The van der Waals surface area contributed by atoms with Gasteiger partial charge in [-0.25, -0.2) is 17.5 Å². The van der Waals surface area contributed by atoms with Crippen LogP contribution in [0.1, 0.15) is 29.5 Å². The number of piperidine rings is 1. The Morgan fingerprint density at radius 1 is 1.13 bits per heavy atom. The van der Waals surface area contributed by atoms with E-state index in [1.165, 1.54) is 12.1 Å². The standard InChI is InChI=1S/C23H25FN2O4S/c1-15-3-8-21-17(14-30-23(21)16(15)2)13-22(27)26-11-9-19(10-12-26)25-31(28,29)20-6-4-18(24)5-7-20/h3-8,14,19,25H,9-13H2,1-2H3. The first-order valence-corrected chi connectivity index (χ1v) is 11.7. The van der Waals surface area contributed by atoms with Crippen molar-refractivity contribution in [2.75, 3.05) is 13.1 Å². The van der Waals surface area contributed by atoms with E-state index in [-0.39, 0.29) is 23.3 Å². The molecule has 2 aromatic carbocycles. The molecule has 6 nitrogen and oxygen atoms in total. The lowest BCUT2D eigenvalue weighted by molar-refractivity contribution is -0.131. The van der Waals surface area contributed by atoms with Crippen LogP contribution in [0.4, 0.5) is 4.39 Å². The maximum atomic E-state index is 13.1. The third-order valence-corrected chi connectivity index (χ3v) is 7.51. The number of hydrogen-bond acceptors (Lipinski definition) is 4. The second-order valence-electron chi connectivity index (χ2n) is 8.05. The van der Waals surface area contributed by atoms with Gasteiger partial charge in [-0.2, -0.15) is 0 Å². The third-order valence-electron chi connectivity index (χ3n) is 5.98. The summed E-state index contributed by atoms with van der Waals surface area (Å²) < 4.78 is 46.4. The molecule has 0 saturated carbocycles. The first-order valence-electron chi connectivity index (χ1n) is 10.3. The molecule has 4 rings (SSSR count). The molecule has 1 amide bonds. The Morgan fingerprint density at radius 3 is 2.48 bits per heavy atom. The lowest BCUT2D eigenvalue weighted by atomic mass is 10.0. The van der Waals surface area contributed by atoms with Gasteiger partial charge in [-0.05, 0) is 62.1 Å². The van der Waals surface area contributed by atoms with Crippen molar-refractivity contribution in [1.82, 2.24) is 9.62 Å². The molecular weight excluding hydrogens is 419 g/mol. The Morgan fingerprint density at radius 2 is 1.81 bits per heavy atom. The lowest BCUT2D eigenvalue weighted by Crippen LogP contribution is -2.46. The van der Waals surface area contributed by atoms with Crippen molar-refractivity contribution in [3.05, 3.63) is 65.2 Å². The number of nitrogens with zero attached hydrogens (tertiary/aromatic N) is 1. The number of fused-ring (bicyclic) bond motifs is 1. The molecule has 0 unspecified atom stereocenters. The van der Waals surface area contributed by atoms with E-state index in [1.54, 1.807) is 11.2 Å². The smallest absolute Gasteiger partial charge is 0.240 e. The number of benzene rings is 2. The summed E-state index contributed by atoms with van der Waals surface area (Å²) in [5, 5.41) is 0.957. The number of carbonyl (C=O) groups is 1. The normalized spacial score (nSPS) is 15.5. The largest absolute Gasteiger partial charge is 0.464 e. The fourth-order valence-corrected chi connectivity index (χ4v) is 5.25. The molecule has 164 valence electrons. The van der Waals surface area contributed by atoms with E-state index in [4.69, 9.17) is 4.42 Å². The van der Waals surface area contributed by atoms with Gasteiger partial charge in [0.25, 0.3) is 0 Å². The first-order chi connectivity index (χ1) is 14.7. The van der Waals surface area contributed by atoms with Crippen LogP contribution in [0.3, 0.4) is 0 Å². The molecule has 0 bridgehead atoms. The molecular formula is C23H25FN2O4S. The summed E-state index contributed by atoms with van der Waals surface area (Å²) >= 11 is 0. The topological polar surface area (TPSA) is 79.6 Å². The van der Waals surface area contributed by atoms with E-state index in [2.05, 4.69) is 4.72 Å². The minimum Gasteiger partial charge on any atom is -0.464 e. The minimum absolute atomic E-state index is 0.000713. The van der Waals surface area contributed by atoms with Crippen molar-refractivity contribution in [2.45, 2.75) is 44.0 Å². The number of halogens is 1. The molecule has 1 N–H and O–H groups in total. The number of aryl methyl sites for hydroxylation is 2. The van der Waals surface area contributed by atoms with Gasteiger partial charge in [-0.3, -0.25) is 4.79 Å². The van der Waals surface area contributed by atoms with Gasteiger partial charge in [-0.15, -0.1) is 0 Å². The van der Waals surface area contributed by atoms with E-state index in [0.29, 0.717) is 25.9 Å². The predicted molar refractivity (Wildman–Crippen MR) is 116 cm³/mol. The van der Waals surface area contributed by atoms with Crippen LogP contribution >= 0.6 is 0 Å². The van der Waals surface area contributed by atoms with Crippen LogP contribution < -0.4 is 4.72 Å². The molecule has 0 aliphatic carbocycles. The molecule has 0 radical (unpaired) electrons. The van der Waals surface area contributed by atoms with Crippen LogP contribution in [-0.2, 0) is 21.2 Å². The summed E-state index contributed by atoms with van der Waals surface area (Å²) in [6, 6.07) is 8.49. The molecule has 1 fully saturated rings.